The van der Waals surface area contributed by atoms with E-state index < -0.39 is 0 Å². The number of para-hydroxylation sites is 1. The summed E-state index contributed by atoms with van der Waals surface area (Å²) in [7, 11) is 0. The van der Waals surface area contributed by atoms with Gasteiger partial charge in [0.15, 0.2) is 0 Å². The molecule has 1 aromatic heterocycles. The molecule has 1 amide bonds. The van der Waals surface area contributed by atoms with Gasteiger partial charge < -0.3 is 4.74 Å². The molecule has 192 valence electrons. The second-order valence-corrected chi connectivity index (χ2v) is 10.7. The molecule has 0 radical (unpaired) electrons. The van der Waals surface area contributed by atoms with Crippen LogP contribution in [0.1, 0.15) is 30.9 Å². The molecule has 5 rings (SSSR count). The smallest absolute Gasteiger partial charge is 0.266 e. The van der Waals surface area contributed by atoms with E-state index in [1.807, 2.05) is 89.8 Å². The number of carbonyl (C=O) groups is 1. The van der Waals surface area contributed by atoms with E-state index >= 15 is 0 Å². The van der Waals surface area contributed by atoms with Gasteiger partial charge in [0.05, 0.1) is 17.2 Å². The molecule has 5 nitrogen and oxygen atoms in total. The molecule has 0 aliphatic carbocycles. The molecule has 0 unspecified atom stereocenters. The predicted octanol–water partition coefficient (Wildman–Crippen LogP) is 7.16. The Labute approximate surface area is 233 Å². The molecule has 1 aliphatic heterocycles. The average molecular weight is 540 g/mol. The number of amides is 1. The molecule has 0 bridgehead atoms. The summed E-state index contributed by atoms with van der Waals surface area (Å²) >= 11 is 6.94. The van der Waals surface area contributed by atoms with Crippen LogP contribution in [0.15, 0.2) is 96.0 Å². The van der Waals surface area contributed by atoms with Crippen LogP contribution in [0.25, 0.3) is 23.0 Å². The monoisotopic (exact) mass is 539 g/mol. The Bertz CT molecular complexity index is 1450. The maximum Gasteiger partial charge on any atom is 0.266 e. The Kier molecular flexibility index (Phi) is 8.36. The summed E-state index contributed by atoms with van der Waals surface area (Å²) in [6, 6.07) is 28.1. The molecule has 0 atom stereocenters. The van der Waals surface area contributed by atoms with Gasteiger partial charge in [0.25, 0.3) is 5.91 Å². The minimum atomic E-state index is -0.0639. The van der Waals surface area contributed by atoms with Crippen LogP contribution in [-0.4, -0.2) is 38.1 Å². The summed E-state index contributed by atoms with van der Waals surface area (Å²) in [4.78, 5) is 15.7. The van der Waals surface area contributed by atoms with Crippen molar-refractivity contribution in [2.45, 2.75) is 26.2 Å². The molecule has 0 N–H and O–H groups in total. The Balaban J connectivity index is 1.45. The largest absolute Gasteiger partial charge is 0.494 e. The lowest BCUT2D eigenvalue weighted by Gasteiger charge is -2.14. The Morgan fingerprint density at radius 1 is 1.00 bits per heavy atom. The number of hydrogen-bond acceptors (Lipinski definition) is 5. The van der Waals surface area contributed by atoms with Gasteiger partial charge in [0.2, 0.25) is 0 Å². The quantitative estimate of drug-likeness (QED) is 0.122. The highest BCUT2D eigenvalue weighted by atomic mass is 32.2. The number of unbranched alkanes of at least 4 members (excludes halogenated alkanes) is 1. The fourth-order valence-corrected chi connectivity index (χ4v) is 5.52. The zero-order chi connectivity index (χ0) is 26.3. The van der Waals surface area contributed by atoms with Crippen molar-refractivity contribution >= 4 is 40.3 Å². The molecule has 38 heavy (non-hydrogen) atoms. The SMILES string of the molecule is CCCCOc1cccc(-c2nn(-c3ccccc3)cc2/C=C2\SC(=S)N(CCc3ccccc3)C2=O)c1. The fourth-order valence-electron chi connectivity index (χ4n) is 4.22. The van der Waals surface area contributed by atoms with Crippen molar-refractivity contribution in [2.75, 3.05) is 13.2 Å². The van der Waals surface area contributed by atoms with Crippen LogP contribution < -0.4 is 4.74 Å². The average Bonchev–Trinajstić information content (AvgIpc) is 3.49. The third kappa shape index (κ3) is 6.06. The van der Waals surface area contributed by atoms with Gasteiger partial charge in [0, 0.05) is 23.9 Å². The van der Waals surface area contributed by atoms with Gasteiger partial charge in [-0.3, -0.25) is 9.69 Å². The standard InChI is InChI=1S/C31H29N3O2S2/c1-2-3-19-36-27-16-10-13-24(20-27)29-25(22-34(32-29)26-14-8-5-9-15-26)21-28-30(35)33(31(37)38-28)18-17-23-11-6-4-7-12-23/h4-16,20-22H,2-3,17-19H2,1H3/b28-21-. The van der Waals surface area contributed by atoms with Gasteiger partial charge in [-0.25, -0.2) is 4.68 Å². The Morgan fingerprint density at radius 3 is 2.53 bits per heavy atom. The van der Waals surface area contributed by atoms with Crippen molar-refractivity contribution in [2.24, 2.45) is 0 Å². The van der Waals surface area contributed by atoms with Crippen LogP contribution in [0.4, 0.5) is 0 Å². The van der Waals surface area contributed by atoms with Crippen molar-refractivity contribution in [1.82, 2.24) is 14.7 Å². The molecule has 1 fully saturated rings. The van der Waals surface area contributed by atoms with E-state index in [1.165, 1.54) is 17.3 Å². The summed E-state index contributed by atoms with van der Waals surface area (Å²) in [5, 5.41) is 4.92. The van der Waals surface area contributed by atoms with Crippen LogP contribution in [0.3, 0.4) is 0 Å². The van der Waals surface area contributed by atoms with E-state index in [1.54, 1.807) is 4.90 Å². The first-order valence-corrected chi connectivity index (χ1v) is 14.0. The van der Waals surface area contributed by atoms with E-state index in [0.717, 1.165) is 47.5 Å². The Morgan fingerprint density at radius 2 is 1.76 bits per heavy atom. The zero-order valence-electron chi connectivity index (χ0n) is 21.2. The highest BCUT2D eigenvalue weighted by Gasteiger charge is 2.32. The number of thiocarbonyl (C=S) groups is 1. The first kappa shape index (κ1) is 25.9. The van der Waals surface area contributed by atoms with E-state index in [-0.39, 0.29) is 5.91 Å². The number of thioether (sulfide) groups is 1. The Hall–Kier alpha value is -3.68. The lowest BCUT2D eigenvalue weighted by Crippen LogP contribution is -2.30. The fraction of sp³-hybridized carbons (Fsp3) is 0.194. The van der Waals surface area contributed by atoms with Crippen molar-refractivity contribution in [3.05, 3.63) is 107 Å². The molecular weight excluding hydrogens is 510 g/mol. The maximum atomic E-state index is 13.4. The summed E-state index contributed by atoms with van der Waals surface area (Å²) in [5.74, 6) is 0.745. The summed E-state index contributed by atoms with van der Waals surface area (Å²) in [6.07, 6.45) is 6.71. The van der Waals surface area contributed by atoms with Crippen LogP contribution >= 0.6 is 24.0 Å². The van der Waals surface area contributed by atoms with Gasteiger partial charge in [0.1, 0.15) is 15.8 Å². The molecule has 1 saturated heterocycles. The molecule has 7 heteroatoms. The normalized spacial score (nSPS) is 14.4. The van der Waals surface area contributed by atoms with Crippen molar-refractivity contribution < 1.29 is 9.53 Å². The number of aromatic nitrogens is 2. The molecule has 0 spiro atoms. The topological polar surface area (TPSA) is 47.4 Å². The first-order valence-electron chi connectivity index (χ1n) is 12.8. The molecule has 3 aromatic carbocycles. The van der Waals surface area contributed by atoms with Gasteiger partial charge in [-0.05, 0) is 48.7 Å². The predicted molar refractivity (Wildman–Crippen MR) is 159 cm³/mol. The van der Waals surface area contributed by atoms with Gasteiger partial charge in [-0.15, -0.1) is 0 Å². The maximum absolute atomic E-state index is 13.4. The molecule has 0 saturated carbocycles. The van der Waals surface area contributed by atoms with Crippen LogP contribution in [0, 0.1) is 0 Å². The summed E-state index contributed by atoms with van der Waals surface area (Å²) < 4.78 is 8.38. The lowest BCUT2D eigenvalue weighted by molar-refractivity contribution is -0.122. The zero-order valence-corrected chi connectivity index (χ0v) is 22.9. The third-order valence-corrected chi connectivity index (χ3v) is 7.64. The number of nitrogens with zero attached hydrogens (tertiary/aromatic N) is 3. The van der Waals surface area contributed by atoms with Gasteiger partial charge >= 0.3 is 0 Å². The van der Waals surface area contributed by atoms with E-state index in [4.69, 9.17) is 22.1 Å². The lowest BCUT2D eigenvalue weighted by atomic mass is 10.1. The first-order chi connectivity index (χ1) is 18.6. The number of hydrogen-bond donors (Lipinski definition) is 0. The highest BCUT2D eigenvalue weighted by Crippen LogP contribution is 2.35. The van der Waals surface area contributed by atoms with Crippen LogP contribution in [0.2, 0.25) is 0 Å². The second kappa shape index (κ2) is 12.2. The minimum absolute atomic E-state index is 0.0639. The van der Waals surface area contributed by atoms with E-state index in [2.05, 4.69) is 19.1 Å². The van der Waals surface area contributed by atoms with E-state index in [9.17, 15) is 4.79 Å². The summed E-state index contributed by atoms with van der Waals surface area (Å²) in [5.41, 5.74) is 4.68. The minimum Gasteiger partial charge on any atom is -0.494 e. The van der Waals surface area contributed by atoms with Crippen molar-refractivity contribution in [3.63, 3.8) is 0 Å². The molecule has 2 heterocycles. The van der Waals surface area contributed by atoms with Crippen LogP contribution in [-0.2, 0) is 11.2 Å². The van der Waals surface area contributed by atoms with Crippen LogP contribution in [0.5, 0.6) is 5.75 Å². The summed E-state index contributed by atoms with van der Waals surface area (Å²) in [6.45, 7) is 3.38. The highest BCUT2D eigenvalue weighted by molar-refractivity contribution is 8.26. The van der Waals surface area contributed by atoms with Gasteiger partial charge in [-0.2, -0.15) is 5.10 Å². The molecule has 4 aromatic rings. The number of benzene rings is 3. The third-order valence-electron chi connectivity index (χ3n) is 6.26. The van der Waals surface area contributed by atoms with Gasteiger partial charge in [-0.1, -0.05) is 98.0 Å². The van der Waals surface area contributed by atoms with Crippen molar-refractivity contribution in [3.8, 4) is 22.7 Å². The second-order valence-electron chi connectivity index (χ2n) is 9.01. The van der Waals surface area contributed by atoms with E-state index in [0.29, 0.717) is 22.4 Å². The number of carbonyl (C=O) groups excluding carboxylic acids is 1. The molecule has 1 aliphatic rings. The number of ether oxygens (including phenoxy) is 1. The number of rotatable bonds is 10. The molecular formula is C31H29N3O2S2. The van der Waals surface area contributed by atoms with Crippen molar-refractivity contribution in [1.29, 1.82) is 0 Å².